The summed E-state index contributed by atoms with van der Waals surface area (Å²) in [5.74, 6) is 5.31. The molecule has 0 aliphatic carbocycles. The number of nitrogens with zero attached hydrogens (tertiary/aromatic N) is 1. The fraction of sp³-hybridized carbons (Fsp3) is 0.385. The zero-order valence-corrected chi connectivity index (χ0v) is 11.4. The minimum Gasteiger partial charge on any atom is -0.490 e. The van der Waals surface area contributed by atoms with Crippen molar-refractivity contribution >= 4 is 5.91 Å². The standard InChI is InChI=1S/C13H17N3O4/c1-3-19-11-6-9(7-14)4-5-10(11)20-12(8-18-2)13(17)16-15/h4-6,12H,3,8,15H2,1-2H3,(H,16,17). The predicted octanol–water partition coefficient (Wildman–Crippen LogP) is 0.341. The van der Waals surface area contributed by atoms with E-state index in [0.29, 0.717) is 23.7 Å². The maximum Gasteiger partial charge on any atom is 0.277 e. The van der Waals surface area contributed by atoms with Crippen LogP contribution in [0.25, 0.3) is 0 Å². The third-order valence-corrected chi connectivity index (χ3v) is 2.39. The van der Waals surface area contributed by atoms with E-state index >= 15 is 0 Å². The van der Waals surface area contributed by atoms with Crippen LogP contribution < -0.4 is 20.7 Å². The lowest BCUT2D eigenvalue weighted by molar-refractivity contribution is -0.130. The average molecular weight is 279 g/mol. The monoisotopic (exact) mass is 279 g/mol. The summed E-state index contributed by atoms with van der Waals surface area (Å²) in [5.41, 5.74) is 2.44. The number of nitriles is 1. The summed E-state index contributed by atoms with van der Waals surface area (Å²) in [6.07, 6.45) is -0.905. The van der Waals surface area contributed by atoms with E-state index in [0.717, 1.165) is 0 Å². The van der Waals surface area contributed by atoms with E-state index in [-0.39, 0.29) is 6.61 Å². The Morgan fingerprint density at radius 2 is 2.25 bits per heavy atom. The summed E-state index contributed by atoms with van der Waals surface area (Å²) in [7, 11) is 1.45. The van der Waals surface area contributed by atoms with Crippen LogP contribution in [0.5, 0.6) is 11.5 Å². The van der Waals surface area contributed by atoms with Crippen molar-refractivity contribution in [3.63, 3.8) is 0 Å². The molecule has 0 saturated carbocycles. The van der Waals surface area contributed by atoms with E-state index < -0.39 is 12.0 Å². The third-order valence-electron chi connectivity index (χ3n) is 2.39. The number of nitrogens with one attached hydrogen (secondary N) is 1. The van der Waals surface area contributed by atoms with Gasteiger partial charge in [0.15, 0.2) is 11.5 Å². The summed E-state index contributed by atoms with van der Waals surface area (Å²) in [6, 6.07) is 6.69. The van der Waals surface area contributed by atoms with Crippen molar-refractivity contribution in [2.75, 3.05) is 20.3 Å². The maximum absolute atomic E-state index is 11.6. The first-order valence-electron chi connectivity index (χ1n) is 5.99. The van der Waals surface area contributed by atoms with Gasteiger partial charge in [-0.1, -0.05) is 0 Å². The van der Waals surface area contributed by atoms with Crippen molar-refractivity contribution in [1.82, 2.24) is 5.43 Å². The Hall–Kier alpha value is -2.30. The molecule has 1 aromatic rings. The second-order valence-corrected chi connectivity index (χ2v) is 3.78. The molecule has 7 nitrogen and oxygen atoms in total. The number of hydrogen-bond donors (Lipinski definition) is 2. The Labute approximate surface area is 117 Å². The molecule has 20 heavy (non-hydrogen) atoms. The molecule has 7 heteroatoms. The molecule has 0 aromatic heterocycles. The number of carbonyl (C=O) groups is 1. The Bertz CT molecular complexity index is 499. The zero-order valence-electron chi connectivity index (χ0n) is 11.4. The number of hydrogen-bond acceptors (Lipinski definition) is 6. The van der Waals surface area contributed by atoms with Gasteiger partial charge in [-0.15, -0.1) is 0 Å². The van der Waals surface area contributed by atoms with Crippen LogP contribution in [0.3, 0.4) is 0 Å². The van der Waals surface area contributed by atoms with Gasteiger partial charge in [-0.2, -0.15) is 5.26 Å². The van der Waals surface area contributed by atoms with Crippen molar-refractivity contribution in [3.8, 4) is 17.6 Å². The summed E-state index contributed by atoms with van der Waals surface area (Å²) >= 11 is 0. The zero-order chi connectivity index (χ0) is 15.0. The van der Waals surface area contributed by atoms with Gasteiger partial charge in [-0.05, 0) is 19.1 Å². The maximum atomic E-state index is 11.6. The molecular weight excluding hydrogens is 262 g/mol. The Morgan fingerprint density at radius 1 is 1.50 bits per heavy atom. The highest BCUT2D eigenvalue weighted by Crippen LogP contribution is 2.29. The highest BCUT2D eigenvalue weighted by atomic mass is 16.5. The van der Waals surface area contributed by atoms with E-state index in [1.165, 1.54) is 7.11 Å². The van der Waals surface area contributed by atoms with Crippen LogP contribution in [0.15, 0.2) is 18.2 Å². The normalized spacial score (nSPS) is 11.3. The number of benzene rings is 1. The Kier molecular flexibility index (Phi) is 6.29. The summed E-state index contributed by atoms with van der Waals surface area (Å²) in [5, 5.41) is 8.87. The fourth-order valence-corrected chi connectivity index (χ4v) is 1.50. The molecule has 0 spiro atoms. The number of amides is 1. The number of carbonyl (C=O) groups excluding carboxylic acids is 1. The van der Waals surface area contributed by atoms with Gasteiger partial charge in [-0.3, -0.25) is 10.2 Å². The summed E-state index contributed by atoms with van der Waals surface area (Å²) in [4.78, 5) is 11.6. The molecule has 0 fully saturated rings. The second kappa shape index (κ2) is 7.99. The molecule has 0 bridgehead atoms. The molecule has 108 valence electrons. The quantitative estimate of drug-likeness (QED) is 0.423. The first-order valence-corrected chi connectivity index (χ1v) is 5.99. The fourth-order valence-electron chi connectivity index (χ4n) is 1.50. The summed E-state index contributed by atoms with van der Waals surface area (Å²) < 4.78 is 15.8. The minimum absolute atomic E-state index is 0.0363. The van der Waals surface area contributed by atoms with Crippen LogP contribution >= 0.6 is 0 Å². The SMILES string of the molecule is CCOc1cc(C#N)ccc1OC(COC)C(=O)NN. The Balaban J connectivity index is 2.99. The lowest BCUT2D eigenvalue weighted by Crippen LogP contribution is -2.44. The third kappa shape index (κ3) is 4.12. The van der Waals surface area contributed by atoms with Crippen molar-refractivity contribution in [1.29, 1.82) is 5.26 Å². The summed E-state index contributed by atoms with van der Waals surface area (Å²) in [6.45, 7) is 2.25. The molecule has 1 aromatic carbocycles. The van der Waals surface area contributed by atoms with E-state index in [1.807, 2.05) is 18.4 Å². The molecule has 0 aliphatic heterocycles. The number of rotatable bonds is 7. The lowest BCUT2D eigenvalue weighted by Gasteiger charge is -2.18. The first-order chi connectivity index (χ1) is 9.65. The average Bonchev–Trinajstić information content (AvgIpc) is 2.47. The van der Waals surface area contributed by atoms with Crippen LogP contribution in [0, 0.1) is 11.3 Å². The van der Waals surface area contributed by atoms with Crippen molar-refractivity contribution < 1.29 is 19.0 Å². The van der Waals surface area contributed by atoms with Crippen molar-refractivity contribution in [2.45, 2.75) is 13.0 Å². The van der Waals surface area contributed by atoms with E-state index in [1.54, 1.807) is 18.2 Å². The number of nitrogens with two attached hydrogens (primary N) is 1. The molecule has 0 aliphatic rings. The van der Waals surface area contributed by atoms with Crippen LogP contribution in [0.4, 0.5) is 0 Å². The lowest BCUT2D eigenvalue weighted by atomic mass is 10.2. The first kappa shape index (κ1) is 15.8. The number of methoxy groups -OCH3 is 1. The topological polar surface area (TPSA) is 107 Å². The molecular formula is C13H17N3O4. The van der Waals surface area contributed by atoms with E-state index in [4.69, 9.17) is 25.3 Å². The van der Waals surface area contributed by atoms with E-state index in [9.17, 15) is 4.79 Å². The molecule has 0 radical (unpaired) electrons. The number of ether oxygens (including phenoxy) is 3. The van der Waals surface area contributed by atoms with Gasteiger partial charge in [-0.25, -0.2) is 5.84 Å². The van der Waals surface area contributed by atoms with Gasteiger partial charge in [0.05, 0.1) is 24.8 Å². The highest BCUT2D eigenvalue weighted by molar-refractivity contribution is 5.80. The van der Waals surface area contributed by atoms with Crippen LogP contribution in [-0.2, 0) is 9.53 Å². The Morgan fingerprint density at radius 3 is 2.80 bits per heavy atom. The van der Waals surface area contributed by atoms with Gasteiger partial charge in [0.25, 0.3) is 5.91 Å². The second-order valence-electron chi connectivity index (χ2n) is 3.78. The van der Waals surface area contributed by atoms with Crippen LogP contribution in [-0.4, -0.2) is 32.3 Å². The molecule has 1 rings (SSSR count). The smallest absolute Gasteiger partial charge is 0.277 e. The number of hydrazine groups is 1. The molecule has 0 saturated heterocycles. The van der Waals surface area contributed by atoms with Gasteiger partial charge in [0.1, 0.15) is 0 Å². The van der Waals surface area contributed by atoms with Gasteiger partial charge < -0.3 is 14.2 Å². The van der Waals surface area contributed by atoms with Crippen LogP contribution in [0.1, 0.15) is 12.5 Å². The molecule has 3 N–H and O–H groups in total. The van der Waals surface area contributed by atoms with Gasteiger partial charge in [0.2, 0.25) is 6.10 Å². The molecule has 0 heterocycles. The molecule has 1 unspecified atom stereocenters. The largest absolute Gasteiger partial charge is 0.490 e. The van der Waals surface area contributed by atoms with Gasteiger partial charge >= 0.3 is 0 Å². The van der Waals surface area contributed by atoms with Crippen molar-refractivity contribution in [3.05, 3.63) is 23.8 Å². The molecule has 1 atom stereocenters. The minimum atomic E-state index is -0.905. The van der Waals surface area contributed by atoms with Gasteiger partial charge in [0, 0.05) is 13.2 Å². The predicted molar refractivity (Wildman–Crippen MR) is 70.9 cm³/mol. The van der Waals surface area contributed by atoms with Crippen LogP contribution in [0.2, 0.25) is 0 Å². The van der Waals surface area contributed by atoms with Crippen molar-refractivity contribution in [2.24, 2.45) is 5.84 Å². The highest BCUT2D eigenvalue weighted by Gasteiger charge is 2.21. The molecule has 1 amide bonds. The van der Waals surface area contributed by atoms with E-state index in [2.05, 4.69) is 0 Å².